The third-order valence-electron chi connectivity index (χ3n) is 8.67. The van der Waals surface area contributed by atoms with Crippen molar-refractivity contribution in [2.24, 2.45) is 11.7 Å². The molecule has 5 amide bonds. The number of nitrogens with two attached hydrogens (primary N) is 1. The first-order valence-electron chi connectivity index (χ1n) is 17.5. The summed E-state index contributed by atoms with van der Waals surface area (Å²) in [6.45, 7) is 5.38. The average Bonchev–Trinajstić information content (AvgIpc) is 3.59. The van der Waals surface area contributed by atoms with Gasteiger partial charge in [-0.15, -0.1) is 0 Å². The van der Waals surface area contributed by atoms with Gasteiger partial charge in [-0.2, -0.15) is 0 Å². The first-order chi connectivity index (χ1) is 24.7. The Hall–Kier alpha value is -5.31. The molecule has 6 atom stereocenters. The number of benzene rings is 2. The molecule has 2 aromatic rings. The fourth-order valence-corrected chi connectivity index (χ4v) is 5.96. The fourth-order valence-electron chi connectivity index (χ4n) is 5.96. The second-order valence-electron chi connectivity index (χ2n) is 13.5. The van der Waals surface area contributed by atoms with E-state index < -0.39 is 84.1 Å². The Balaban J connectivity index is 1.78. The number of aliphatic carboxylic acids is 2. The minimum absolute atomic E-state index is 0.0503. The van der Waals surface area contributed by atoms with Crippen LogP contribution in [0.1, 0.15) is 64.0 Å². The minimum atomic E-state index is -1.43. The van der Waals surface area contributed by atoms with Crippen molar-refractivity contribution < 1.29 is 43.8 Å². The van der Waals surface area contributed by atoms with E-state index in [0.29, 0.717) is 18.4 Å². The van der Waals surface area contributed by atoms with Crippen LogP contribution in [0.2, 0.25) is 0 Å². The molecule has 0 radical (unpaired) electrons. The van der Waals surface area contributed by atoms with Crippen LogP contribution in [0.3, 0.4) is 0 Å². The average molecular weight is 723 g/mol. The highest BCUT2D eigenvalue weighted by Crippen LogP contribution is 2.21. The maximum Gasteiger partial charge on any atom is 0.326 e. The van der Waals surface area contributed by atoms with Gasteiger partial charge in [-0.3, -0.25) is 28.8 Å². The second kappa shape index (κ2) is 19.9. The zero-order chi connectivity index (χ0) is 38.4. The van der Waals surface area contributed by atoms with Crippen molar-refractivity contribution in [3.63, 3.8) is 0 Å². The van der Waals surface area contributed by atoms with Gasteiger partial charge in [0, 0.05) is 25.8 Å². The number of hydrogen-bond acceptors (Lipinski definition) is 8. The van der Waals surface area contributed by atoms with Gasteiger partial charge in [0.05, 0.1) is 6.04 Å². The van der Waals surface area contributed by atoms with Gasteiger partial charge >= 0.3 is 11.9 Å². The van der Waals surface area contributed by atoms with Gasteiger partial charge in [0.2, 0.25) is 29.5 Å². The van der Waals surface area contributed by atoms with Crippen LogP contribution in [0.5, 0.6) is 0 Å². The van der Waals surface area contributed by atoms with E-state index in [4.69, 9.17) is 5.73 Å². The van der Waals surface area contributed by atoms with Crippen LogP contribution in [-0.4, -0.2) is 99.4 Å². The molecule has 0 saturated carbocycles. The van der Waals surface area contributed by atoms with Crippen molar-refractivity contribution in [1.82, 2.24) is 26.2 Å². The zero-order valence-electron chi connectivity index (χ0n) is 29.7. The van der Waals surface area contributed by atoms with Gasteiger partial charge in [0.15, 0.2) is 0 Å². The number of amides is 5. The Bertz CT molecular complexity index is 1550. The number of carbonyl (C=O) groups excluding carboxylic acids is 5. The predicted molar refractivity (Wildman–Crippen MR) is 190 cm³/mol. The molecule has 15 nitrogen and oxygen atoms in total. The summed E-state index contributed by atoms with van der Waals surface area (Å²) in [5.41, 5.74) is 7.19. The summed E-state index contributed by atoms with van der Waals surface area (Å²) >= 11 is 0. The number of nitrogens with zero attached hydrogens (tertiary/aromatic N) is 1. The third kappa shape index (κ3) is 12.8. The lowest BCUT2D eigenvalue weighted by atomic mass is 10.0. The predicted octanol–water partition coefficient (Wildman–Crippen LogP) is 0.745. The van der Waals surface area contributed by atoms with E-state index in [2.05, 4.69) is 21.3 Å². The Morgan fingerprint density at radius 3 is 1.77 bits per heavy atom. The van der Waals surface area contributed by atoms with Gasteiger partial charge < -0.3 is 42.1 Å². The molecular formula is C37H50N6O9. The van der Waals surface area contributed by atoms with Crippen molar-refractivity contribution in [3.8, 4) is 0 Å². The van der Waals surface area contributed by atoms with Crippen LogP contribution in [0.25, 0.3) is 0 Å². The van der Waals surface area contributed by atoms with E-state index in [1.807, 2.05) is 32.0 Å². The van der Waals surface area contributed by atoms with Crippen LogP contribution in [0.15, 0.2) is 60.7 Å². The lowest BCUT2D eigenvalue weighted by Crippen LogP contribution is -2.59. The van der Waals surface area contributed by atoms with Gasteiger partial charge in [-0.25, -0.2) is 4.79 Å². The van der Waals surface area contributed by atoms with Gasteiger partial charge in [0.25, 0.3) is 0 Å². The monoisotopic (exact) mass is 722 g/mol. The molecule has 282 valence electrons. The number of rotatable bonds is 19. The lowest BCUT2D eigenvalue weighted by Gasteiger charge is -2.31. The van der Waals surface area contributed by atoms with Crippen molar-refractivity contribution >= 4 is 41.5 Å². The molecule has 0 aliphatic carbocycles. The Kier molecular flexibility index (Phi) is 15.7. The number of carboxylic acids is 2. The van der Waals surface area contributed by atoms with Gasteiger partial charge in [-0.05, 0) is 49.7 Å². The number of carbonyl (C=O) groups is 7. The molecule has 0 aromatic heterocycles. The smallest absolute Gasteiger partial charge is 0.326 e. The van der Waals surface area contributed by atoms with Crippen molar-refractivity contribution in [2.75, 3.05) is 6.54 Å². The molecule has 2 aromatic carbocycles. The number of hydrogen-bond donors (Lipinski definition) is 7. The molecule has 1 fully saturated rings. The van der Waals surface area contributed by atoms with Crippen molar-refractivity contribution in [3.05, 3.63) is 71.8 Å². The van der Waals surface area contributed by atoms with E-state index >= 15 is 0 Å². The molecule has 1 saturated heterocycles. The molecule has 1 aliphatic heterocycles. The quantitative estimate of drug-likeness (QED) is 0.107. The Morgan fingerprint density at radius 2 is 1.25 bits per heavy atom. The molecule has 52 heavy (non-hydrogen) atoms. The molecule has 1 heterocycles. The maximum absolute atomic E-state index is 13.9. The van der Waals surface area contributed by atoms with E-state index in [9.17, 15) is 43.8 Å². The first kappa shape index (κ1) is 41.1. The number of carboxylic acid groups (broad SMARTS) is 2. The summed E-state index contributed by atoms with van der Waals surface area (Å²) in [6.07, 6.45) is 0.204. The summed E-state index contributed by atoms with van der Waals surface area (Å²) in [6, 6.07) is 10.9. The maximum atomic E-state index is 13.9. The first-order valence-corrected chi connectivity index (χ1v) is 17.5. The number of nitrogens with one attached hydrogen (secondary N) is 4. The van der Waals surface area contributed by atoms with Crippen LogP contribution < -0.4 is 27.0 Å². The molecule has 0 spiro atoms. The molecule has 0 unspecified atom stereocenters. The van der Waals surface area contributed by atoms with Crippen LogP contribution in [-0.2, 0) is 46.4 Å². The lowest BCUT2D eigenvalue weighted by molar-refractivity contribution is -0.143. The van der Waals surface area contributed by atoms with Crippen LogP contribution in [0, 0.1) is 5.92 Å². The molecule has 1 aliphatic rings. The van der Waals surface area contributed by atoms with E-state index in [-0.39, 0.29) is 38.1 Å². The van der Waals surface area contributed by atoms with Crippen LogP contribution in [0.4, 0.5) is 0 Å². The molecular weight excluding hydrogens is 672 g/mol. The normalized spacial score (nSPS) is 16.9. The highest BCUT2D eigenvalue weighted by atomic mass is 16.4. The molecule has 8 N–H and O–H groups in total. The van der Waals surface area contributed by atoms with Gasteiger partial charge in [0.1, 0.15) is 30.2 Å². The standard InChI is InChI=1S/C37H50N6O9/c1-22(2)19-27(34(48)39-26(16-17-31(44)45)33(47)42-29(37(51)52)21-25-13-8-5-9-14-25)40-35(49)30-15-10-18-43(30)36(50)28(41-32(46)23(3)38)20-24-11-6-4-7-12-24/h4-9,11-14,22-23,26-30H,10,15-21,38H2,1-3H3,(H,39,48)(H,40,49)(H,41,46)(H,42,47)(H,44,45)(H,51,52)/t23-,26-,27-,28-,29-,30-/m0/s1. The summed E-state index contributed by atoms with van der Waals surface area (Å²) in [4.78, 5) is 92.1. The minimum Gasteiger partial charge on any atom is -0.481 e. The van der Waals surface area contributed by atoms with Gasteiger partial charge in [-0.1, -0.05) is 74.5 Å². The summed E-state index contributed by atoms with van der Waals surface area (Å²) in [5, 5.41) is 29.5. The van der Waals surface area contributed by atoms with Crippen LogP contribution >= 0.6 is 0 Å². The zero-order valence-corrected chi connectivity index (χ0v) is 29.7. The SMILES string of the molecule is CC(C)C[C@H](NC(=O)[C@@H]1CCCN1C(=O)[C@H](Cc1ccccc1)NC(=O)[C@H](C)N)C(=O)N[C@@H](CCC(=O)O)C(=O)N[C@@H](Cc1ccccc1)C(=O)O. The third-order valence-corrected chi connectivity index (χ3v) is 8.67. The fraction of sp³-hybridized carbons (Fsp3) is 0.486. The highest BCUT2D eigenvalue weighted by molar-refractivity contribution is 5.96. The van der Waals surface area contributed by atoms with Crippen molar-refractivity contribution in [2.45, 2.75) is 102 Å². The van der Waals surface area contributed by atoms with E-state index in [1.165, 1.54) is 11.8 Å². The van der Waals surface area contributed by atoms with Crippen molar-refractivity contribution in [1.29, 1.82) is 0 Å². The summed E-state index contributed by atoms with van der Waals surface area (Å²) in [7, 11) is 0. The molecule has 3 rings (SSSR count). The van der Waals surface area contributed by atoms with E-state index in [1.54, 1.807) is 42.5 Å². The van der Waals surface area contributed by atoms with E-state index in [0.717, 1.165) is 5.56 Å². The Labute approximate surface area is 303 Å². The molecule has 0 bridgehead atoms. The molecule has 15 heteroatoms. The Morgan fingerprint density at radius 1 is 0.731 bits per heavy atom. The summed E-state index contributed by atoms with van der Waals surface area (Å²) < 4.78 is 0. The summed E-state index contributed by atoms with van der Waals surface area (Å²) in [5.74, 6) is -5.94. The topological polar surface area (TPSA) is 237 Å². The largest absolute Gasteiger partial charge is 0.481 e. The number of likely N-dealkylation sites (tertiary alicyclic amines) is 1. The highest BCUT2D eigenvalue weighted by Gasteiger charge is 2.39. The second-order valence-corrected chi connectivity index (χ2v) is 13.5.